The van der Waals surface area contributed by atoms with Crippen LogP contribution in [0.3, 0.4) is 0 Å². The molecule has 34 heavy (non-hydrogen) atoms. The third kappa shape index (κ3) is 8.21. The molecule has 0 radical (unpaired) electrons. The molecule has 2 aromatic rings. The standard InChI is InChI=1S/C23H23IN2O8/c1-15(16(2)24)14-21(34-23(28)18-7-11-20(12-8-18)26(31)32)4-3-13-33-22(27)17-5-9-19(10-6-17)25(29)30/h5-12,15,21H,2-4,13-14H2,1H3/t15-,21-/m1/s1. The number of hydrogen-bond acceptors (Lipinski definition) is 8. The van der Waals surface area contributed by atoms with Gasteiger partial charge in [0.2, 0.25) is 0 Å². The molecule has 0 unspecified atom stereocenters. The molecular formula is C23H23IN2O8. The van der Waals surface area contributed by atoms with E-state index in [1.165, 1.54) is 48.5 Å². The van der Waals surface area contributed by atoms with E-state index in [0.29, 0.717) is 19.3 Å². The van der Waals surface area contributed by atoms with Crippen LogP contribution in [0.15, 0.2) is 58.7 Å². The van der Waals surface area contributed by atoms with Crippen molar-refractivity contribution in [2.75, 3.05) is 6.61 Å². The van der Waals surface area contributed by atoms with E-state index in [-0.39, 0.29) is 35.0 Å². The highest BCUT2D eigenvalue weighted by atomic mass is 127. The first kappa shape index (κ1) is 26.9. The van der Waals surface area contributed by atoms with Gasteiger partial charge in [0.1, 0.15) is 6.10 Å². The highest BCUT2D eigenvalue weighted by molar-refractivity contribution is 14.1. The Kier molecular flexibility index (Phi) is 10.1. The van der Waals surface area contributed by atoms with Crippen LogP contribution >= 0.6 is 22.6 Å². The number of hydrogen-bond donors (Lipinski definition) is 0. The van der Waals surface area contributed by atoms with Crippen molar-refractivity contribution in [2.45, 2.75) is 32.3 Å². The van der Waals surface area contributed by atoms with Crippen molar-refractivity contribution in [2.24, 2.45) is 5.92 Å². The van der Waals surface area contributed by atoms with Crippen LogP contribution in [-0.2, 0) is 9.47 Å². The van der Waals surface area contributed by atoms with Crippen LogP contribution in [0.4, 0.5) is 11.4 Å². The number of nitro groups is 2. The van der Waals surface area contributed by atoms with Crippen LogP contribution in [-0.4, -0.2) is 34.5 Å². The van der Waals surface area contributed by atoms with Crippen molar-refractivity contribution in [3.05, 3.63) is 90.0 Å². The molecule has 0 fully saturated rings. The average Bonchev–Trinajstić information content (AvgIpc) is 2.81. The van der Waals surface area contributed by atoms with E-state index in [1.54, 1.807) is 0 Å². The SMILES string of the molecule is C=C(I)[C@H](C)C[C@@H](CCCOC(=O)c1ccc([N+](=O)[O-])cc1)OC(=O)c1ccc([N+](=O)[O-])cc1. The summed E-state index contributed by atoms with van der Waals surface area (Å²) < 4.78 is 11.8. The van der Waals surface area contributed by atoms with Crippen LogP contribution in [0.5, 0.6) is 0 Å². The molecule has 0 amide bonds. The fraction of sp³-hybridized carbons (Fsp3) is 0.304. The molecule has 0 N–H and O–H groups in total. The number of rotatable bonds is 12. The van der Waals surface area contributed by atoms with Crippen molar-refractivity contribution in [3.63, 3.8) is 0 Å². The van der Waals surface area contributed by atoms with Gasteiger partial charge >= 0.3 is 11.9 Å². The molecule has 0 aliphatic heterocycles. The van der Waals surface area contributed by atoms with Gasteiger partial charge in [0.25, 0.3) is 11.4 Å². The maximum absolute atomic E-state index is 12.5. The molecule has 0 saturated carbocycles. The van der Waals surface area contributed by atoms with Crippen LogP contribution < -0.4 is 0 Å². The topological polar surface area (TPSA) is 139 Å². The molecule has 2 aromatic carbocycles. The van der Waals surface area contributed by atoms with Gasteiger partial charge < -0.3 is 9.47 Å². The van der Waals surface area contributed by atoms with E-state index >= 15 is 0 Å². The average molecular weight is 582 g/mol. The van der Waals surface area contributed by atoms with Crippen molar-refractivity contribution < 1.29 is 28.9 Å². The number of carbonyl (C=O) groups is 2. The number of ether oxygens (including phenoxy) is 2. The van der Waals surface area contributed by atoms with E-state index in [4.69, 9.17) is 9.47 Å². The van der Waals surface area contributed by atoms with Gasteiger partial charge in [-0.15, -0.1) is 0 Å². The van der Waals surface area contributed by atoms with Gasteiger partial charge in [-0.2, -0.15) is 0 Å². The minimum atomic E-state index is -0.608. The van der Waals surface area contributed by atoms with Crippen LogP contribution in [0.1, 0.15) is 46.9 Å². The van der Waals surface area contributed by atoms with Gasteiger partial charge in [0.05, 0.1) is 27.6 Å². The van der Waals surface area contributed by atoms with Crippen molar-refractivity contribution in [1.29, 1.82) is 0 Å². The number of nitrogens with zero attached hydrogens (tertiary/aromatic N) is 2. The predicted molar refractivity (Wildman–Crippen MR) is 132 cm³/mol. The number of nitro benzene ring substituents is 2. The Hall–Kier alpha value is -3.35. The van der Waals surface area contributed by atoms with Crippen LogP contribution in [0.25, 0.3) is 0 Å². The highest BCUT2D eigenvalue weighted by Crippen LogP contribution is 2.25. The van der Waals surface area contributed by atoms with Crippen molar-refractivity contribution in [1.82, 2.24) is 0 Å². The fourth-order valence-electron chi connectivity index (χ4n) is 2.96. The minimum absolute atomic E-state index is 0.0675. The Morgan fingerprint density at radius 3 is 1.85 bits per heavy atom. The van der Waals surface area contributed by atoms with E-state index in [1.807, 2.05) is 6.92 Å². The molecule has 0 aliphatic rings. The minimum Gasteiger partial charge on any atom is -0.462 e. The summed E-state index contributed by atoms with van der Waals surface area (Å²) in [6, 6.07) is 10.2. The maximum Gasteiger partial charge on any atom is 0.338 e. The molecule has 0 heterocycles. The lowest BCUT2D eigenvalue weighted by atomic mass is 10.0. The van der Waals surface area contributed by atoms with Gasteiger partial charge in [0.15, 0.2) is 0 Å². The third-order valence-corrected chi connectivity index (χ3v) is 6.02. The summed E-state index contributed by atoms with van der Waals surface area (Å²) in [5, 5.41) is 21.5. The molecule has 2 rings (SSSR count). The normalized spacial score (nSPS) is 12.3. The number of allylic oxidation sites excluding steroid dienone is 1. The Morgan fingerprint density at radius 2 is 1.41 bits per heavy atom. The van der Waals surface area contributed by atoms with Gasteiger partial charge in [0, 0.05) is 24.3 Å². The van der Waals surface area contributed by atoms with Crippen LogP contribution in [0.2, 0.25) is 0 Å². The Morgan fingerprint density at radius 1 is 0.941 bits per heavy atom. The predicted octanol–water partition coefficient (Wildman–Crippen LogP) is 5.64. The summed E-state index contributed by atoms with van der Waals surface area (Å²) in [5.41, 5.74) is 0.140. The smallest absolute Gasteiger partial charge is 0.338 e. The van der Waals surface area contributed by atoms with E-state index in [2.05, 4.69) is 29.2 Å². The second-order valence-electron chi connectivity index (χ2n) is 7.50. The summed E-state index contributed by atoms with van der Waals surface area (Å²) >= 11 is 2.11. The monoisotopic (exact) mass is 582 g/mol. The van der Waals surface area contributed by atoms with Gasteiger partial charge in [-0.3, -0.25) is 20.2 Å². The second-order valence-corrected chi connectivity index (χ2v) is 8.88. The lowest BCUT2D eigenvalue weighted by Crippen LogP contribution is -2.22. The molecule has 0 spiro atoms. The Bertz CT molecular complexity index is 1050. The molecule has 0 bridgehead atoms. The lowest BCUT2D eigenvalue weighted by molar-refractivity contribution is -0.385. The number of carbonyl (C=O) groups excluding carboxylic acids is 2. The number of benzene rings is 2. The maximum atomic E-state index is 12.5. The van der Waals surface area contributed by atoms with Gasteiger partial charge in [-0.1, -0.05) is 13.5 Å². The van der Waals surface area contributed by atoms with Crippen LogP contribution in [0, 0.1) is 26.1 Å². The molecule has 0 aromatic heterocycles. The lowest BCUT2D eigenvalue weighted by Gasteiger charge is -2.21. The number of halogens is 1. The highest BCUT2D eigenvalue weighted by Gasteiger charge is 2.21. The van der Waals surface area contributed by atoms with E-state index in [9.17, 15) is 29.8 Å². The van der Waals surface area contributed by atoms with E-state index in [0.717, 1.165) is 3.58 Å². The molecule has 0 aliphatic carbocycles. The summed E-state index contributed by atoms with van der Waals surface area (Å²) in [6.45, 7) is 5.94. The quantitative estimate of drug-likeness (QED) is 0.103. The first-order valence-corrected chi connectivity index (χ1v) is 11.4. The van der Waals surface area contributed by atoms with Gasteiger partial charge in [-0.05, 0) is 75.6 Å². The molecule has 180 valence electrons. The van der Waals surface area contributed by atoms with Crippen molar-refractivity contribution in [3.8, 4) is 0 Å². The second kappa shape index (κ2) is 12.8. The summed E-state index contributed by atoms with van der Waals surface area (Å²) in [4.78, 5) is 45.1. The summed E-state index contributed by atoms with van der Waals surface area (Å²) in [5.74, 6) is -1.14. The Balaban J connectivity index is 1.93. The number of non-ortho nitro benzene ring substituents is 2. The van der Waals surface area contributed by atoms with Gasteiger partial charge in [-0.25, -0.2) is 9.59 Å². The summed E-state index contributed by atoms with van der Waals surface area (Å²) in [7, 11) is 0. The number of esters is 2. The third-order valence-electron chi connectivity index (χ3n) is 4.96. The molecular weight excluding hydrogens is 559 g/mol. The molecule has 2 atom stereocenters. The van der Waals surface area contributed by atoms with Crippen molar-refractivity contribution >= 4 is 45.9 Å². The summed E-state index contributed by atoms with van der Waals surface area (Å²) in [6.07, 6.45) is 0.858. The molecule has 11 heteroatoms. The zero-order valence-corrected chi connectivity index (χ0v) is 20.5. The van der Waals surface area contributed by atoms with E-state index < -0.39 is 27.9 Å². The zero-order chi connectivity index (χ0) is 25.3. The first-order valence-electron chi connectivity index (χ1n) is 10.3. The fourth-order valence-corrected chi connectivity index (χ4v) is 3.22. The molecule has 10 nitrogen and oxygen atoms in total. The zero-order valence-electron chi connectivity index (χ0n) is 18.3. The first-order chi connectivity index (χ1) is 16.1. The Labute approximate surface area is 209 Å². The largest absolute Gasteiger partial charge is 0.462 e. The molecule has 0 saturated heterocycles.